The Balaban J connectivity index is 1.74. The van der Waals surface area contributed by atoms with Gasteiger partial charge in [0, 0.05) is 18.4 Å². The second-order valence-corrected chi connectivity index (χ2v) is 6.34. The highest BCUT2D eigenvalue weighted by Crippen LogP contribution is 2.22. The molecule has 5 nitrogen and oxygen atoms in total. The Morgan fingerprint density at radius 2 is 1.68 bits per heavy atom. The van der Waals surface area contributed by atoms with Crippen molar-refractivity contribution in [3.8, 4) is 0 Å². The molecule has 0 spiro atoms. The zero-order valence-corrected chi connectivity index (χ0v) is 11.1. The Bertz CT molecular complexity index is 644. The summed E-state index contributed by atoms with van der Waals surface area (Å²) in [5.41, 5.74) is 3.95. The van der Waals surface area contributed by atoms with Gasteiger partial charge in [0.25, 0.3) is 0 Å². The first-order valence-electron chi connectivity index (χ1n) is 6.16. The van der Waals surface area contributed by atoms with E-state index < -0.39 is 10.0 Å². The van der Waals surface area contributed by atoms with Gasteiger partial charge in [0.1, 0.15) is 0 Å². The van der Waals surface area contributed by atoms with Crippen LogP contribution in [-0.2, 0) is 10.0 Å². The zero-order chi connectivity index (χ0) is 13.3. The summed E-state index contributed by atoms with van der Waals surface area (Å²) in [5.74, 6) is 0. The average Bonchev–Trinajstić information content (AvgIpc) is 3.03. The Kier molecular flexibility index (Phi) is 3.04. The van der Waals surface area contributed by atoms with E-state index in [1.807, 2.05) is 24.5 Å². The maximum atomic E-state index is 12.0. The first kappa shape index (κ1) is 12.3. The summed E-state index contributed by atoms with van der Waals surface area (Å²) in [6, 6.07) is 10.7. The number of rotatable bonds is 5. The average molecular weight is 277 g/mol. The quantitative estimate of drug-likeness (QED) is 0.876. The predicted molar refractivity (Wildman–Crippen MR) is 73.2 cm³/mol. The van der Waals surface area contributed by atoms with Crippen LogP contribution in [0.15, 0.2) is 53.7 Å². The number of anilines is 1. The lowest BCUT2D eigenvalue weighted by atomic mass is 10.3. The van der Waals surface area contributed by atoms with Crippen LogP contribution in [0.2, 0.25) is 0 Å². The van der Waals surface area contributed by atoms with Gasteiger partial charge in [-0.2, -0.15) is 0 Å². The monoisotopic (exact) mass is 277 g/mol. The fourth-order valence-corrected chi connectivity index (χ4v) is 3.06. The van der Waals surface area contributed by atoms with Gasteiger partial charge in [-0.25, -0.2) is 13.1 Å². The van der Waals surface area contributed by atoms with Gasteiger partial charge in [0.05, 0.1) is 10.6 Å². The van der Waals surface area contributed by atoms with Crippen LogP contribution in [0.1, 0.15) is 12.8 Å². The molecule has 0 saturated heterocycles. The smallest absolute Gasteiger partial charge is 0.240 e. The number of nitrogens with one attached hydrogen (secondary N) is 2. The minimum absolute atomic E-state index is 0.127. The molecule has 0 unspecified atom stereocenters. The number of aromatic nitrogens is 1. The molecule has 1 aromatic heterocycles. The number of hydrogen-bond donors (Lipinski definition) is 2. The number of nitrogens with zero attached hydrogens (tertiary/aromatic N) is 1. The topological polar surface area (TPSA) is 63.1 Å². The molecule has 0 bridgehead atoms. The minimum Gasteiger partial charge on any atom is -0.295 e. The Morgan fingerprint density at radius 1 is 1.05 bits per heavy atom. The van der Waals surface area contributed by atoms with E-state index in [0.29, 0.717) is 4.90 Å². The summed E-state index contributed by atoms with van der Waals surface area (Å²) < 4.78 is 28.4. The van der Waals surface area contributed by atoms with Gasteiger partial charge in [-0.3, -0.25) is 10.1 Å². The van der Waals surface area contributed by atoms with Gasteiger partial charge in [-0.15, -0.1) is 0 Å². The van der Waals surface area contributed by atoms with E-state index >= 15 is 0 Å². The summed E-state index contributed by atoms with van der Waals surface area (Å²) in [4.78, 5) is 0.303. The highest BCUT2D eigenvalue weighted by atomic mass is 32.2. The molecule has 1 saturated carbocycles. The summed E-state index contributed by atoms with van der Waals surface area (Å²) in [6.45, 7) is 0. The molecule has 19 heavy (non-hydrogen) atoms. The molecule has 0 radical (unpaired) electrons. The molecule has 2 N–H and O–H groups in total. The van der Waals surface area contributed by atoms with Crippen molar-refractivity contribution in [2.24, 2.45) is 0 Å². The van der Waals surface area contributed by atoms with E-state index in [1.54, 1.807) is 28.9 Å². The molecular weight excluding hydrogens is 262 g/mol. The largest absolute Gasteiger partial charge is 0.295 e. The van der Waals surface area contributed by atoms with Gasteiger partial charge < -0.3 is 0 Å². The fourth-order valence-electron chi connectivity index (χ4n) is 1.76. The van der Waals surface area contributed by atoms with Gasteiger partial charge in [-0.1, -0.05) is 0 Å². The summed E-state index contributed by atoms with van der Waals surface area (Å²) in [6.07, 6.45) is 5.62. The Morgan fingerprint density at radius 3 is 2.26 bits per heavy atom. The van der Waals surface area contributed by atoms with Crippen LogP contribution in [-0.4, -0.2) is 19.1 Å². The summed E-state index contributed by atoms with van der Waals surface area (Å²) in [5, 5.41) is 0. The molecule has 0 amide bonds. The standard InChI is InChI=1S/C13H15N3O2S/c17-19(18,15-12-3-4-12)13-7-5-11(6-8-13)14-16-9-1-2-10-16/h1-2,5-10,12,14-15H,3-4H2. The van der Waals surface area contributed by atoms with E-state index in [1.165, 1.54) is 0 Å². The minimum atomic E-state index is -3.36. The second-order valence-electron chi connectivity index (χ2n) is 4.62. The number of sulfonamides is 1. The van der Waals surface area contributed by atoms with Crippen LogP contribution in [0.25, 0.3) is 0 Å². The first-order valence-corrected chi connectivity index (χ1v) is 7.64. The molecule has 1 aromatic carbocycles. The van der Waals surface area contributed by atoms with E-state index in [0.717, 1.165) is 18.5 Å². The molecule has 0 atom stereocenters. The maximum absolute atomic E-state index is 12.0. The normalized spacial score (nSPS) is 15.4. The van der Waals surface area contributed by atoms with Crippen molar-refractivity contribution in [2.75, 3.05) is 5.43 Å². The van der Waals surface area contributed by atoms with E-state index in [2.05, 4.69) is 10.1 Å². The van der Waals surface area contributed by atoms with Crippen LogP contribution >= 0.6 is 0 Å². The van der Waals surface area contributed by atoms with Gasteiger partial charge >= 0.3 is 0 Å². The molecule has 1 aliphatic rings. The lowest BCUT2D eigenvalue weighted by Gasteiger charge is -2.09. The van der Waals surface area contributed by atoms with Gasteiger partial charge in [0.2, 0.25) is 10.0 Å². The van der Waals surface area contributed by atoms with Crippen LogP contribution in [0.5, 0.6) is 0 Å². The maximum Gasteiger partial charge on any atom is 0.240 e. The van der Waals surface area contributed by atoms with E-state index in [4.69, 9.17) is 0 Å². The molecule has 2 aromatic rings. The molecular formula is C13H15N3O2S. The molecule has 6 heteroatoms. The lowest BCUT2D eigenvalue weighted by molar-refractivity contribution is 0.581. The Labute approximate surface area is 112 Å². The van der Waals surface area contributed by atoms with E-state index in [-0.39, 0.29) is 6.04 Å². The third kappa shape index (κ3) is 2.97. The zero-order valence-electron chi connectivity index (χ0n) is 10.3. The third-order valence-electron chi connectivity index (χ3n) is 2.93. The van der Waals surface area contributed by atoms with Crippen molar-refractivity contribution in [3.63, 3.8) is 0 Å². The lowest BCUT2D eigenvalue weighted by Crippen LogP contribution is -2.25. The molecule has 100 valence electrons. The highest BCUT2D eigenvalue weighted by molar-refractivity contribution is 7.89. The number of hydrogen-bond acceptors (Lipinski definition) is 3. The van der Waals surface area contributed by atoms with Crippen LogP contribution < -0.4 is 10.1 Å². The van der Waals surface area contributed by atoms with Crippen LogP contribution in [0, 0.1) is 0 Å². The van der Waals surface area contributed by atoms with Crippen molar-refractivity contribution < 1.29 is 8.42 Å². The van der Waals surface area contributed by atoms with E-state index in [9.17, 15) is 8.42 Å². The van der Waals surface area contributed by atoms with Crippen molar-refractivity contribution in [1.82, 2.24) is 9.40 Å². The van der Waals surface area contributed by atoms with Gasteiger partial charge in [0.15, 0.2) is 0 Å². The summed E-state index contributed by atoms with van der Waals surface area (Å²) >= 11 is 0. The van der Waals surface area contributed by atoms with Crippen molar-refractivity contribution in [3.05, 3.63) is 48.8 Å². The molecule has 1 fully saturated rings. The first-order chi connectivity index (χ1) is 9.13. The van der Waals surface area contributed by atoms with Crippen molar-refractivity contribution >= 4 is 15.7 Å². The number of benzene rings is 1. The van der Waals surface area contributed by atoms with Crippen LogP contribution in [0.4, 0.5) is 5.69 Å². The summed E-state index contributed by atoms with van der Waals surface area (Å²) in [7, 11) is -3.36. The molecule has 0 aliphatic heterocycles. The third-order valence-corrected chi connectivity index (χ3v) is 4.46. The predicted octanol–water partition coefficient (Wildman–Crippen LogP) is 1.80. The van der Waals surface area contributed by atoms with Crippen molar-refractivity contribution in [2.45, 2.75) is 23.8 Å². The molecule has 1 heterocycles. The Hall–Kier alpha value is -1.79. The SMILES string of the molecule is O=S(=O)(NC1CC1)c1ccc(Nn2cccc2)cc1. The fraction of sp³-hybridized carbons (Fsp3) is 0.231. The van der Waals surface area contributed by atoms with Crippen molar-refractivity contribution in [1.29, 1.82) is 0 Å². The van der Waals surface area contributed by atoms with Gasteiger partial charge in [-0.05, 0) is 49.2 Å². The molecule has 1 aliphatic carbocycles. The molecule has 3 rings (SSSR count). The van der Waals surface area contributed by atoms with Crippen LogP contribution in [0.3, 0.4) is 0 Å². The highest BCUT2D eigenvalue weighted by Gasteiger charge is 2.27. The second kappa shape index (κ2) is 4.71.